The van der Waals surface area contributed by atoms with Crippen LogP contribution in [0.1, 0.15) is 27.2 Å². The molecule has 1 amide bonds. The molecule has 0 bridgehead atoms. The summed E-state index contributed by atoms with van der Waals surface area (Å²) in [6.07, 6.45) is 0. The molecular formula is C24H20ClN3O2. The fraction of sp³-hybridized carbons (Fsp3) is 0.125. The molecule has 1 N–H and O–H groups in total. The Kier molecular flexibility index (Phi) is 5.38. The van der Waals surface area contributed by atoms with Crippen molar-refractivity contribution in [3.63, 3.8) is 0 Å². The zero-order valence-corrected chi connectivity index (χ0v) is 17.6. The molecule has 6 heteroatoms. The molecule has 2 aromatic carbocycles. The number of halogens is 1. The summed E-state index contributed by atoms with van der Waals surface area (Å²) in [5.74, 6) is 0.103. The Hall–Kier alpha value is -3.44. The lowest BCUT2D eigenvalue weighted by Crippen LogP contribution is -2.22. The first-order valence-electron chi connectivity index (χ1n) is 9.49. The van der Waals surface area contributed by atoms with Crippen molar-refractivity contribution in [3.8, 4) is 0 Å². The van der Waals surface area contributed by atoms with Crippen LogP contribution >= 0.6 is 11.6 Å². The normalized spacial score (nSPS) is 11.7. The van der Waals surface area contributed by atoms with Gasteiger partial charge in [-0.25, -0.2) is 9.98 Å². The maximum Gasteiger partial charge on any atom is 0.262 e. The molecule has 0 fully saturated rings. The first-order chi connectivity index (χ1) is 14.4. The number of fused-ring (bicyclic) bond motifs is 1. The molecule has 0 atom stereocenters. The van der Waals surface area contributed by atoms with E-state index in [1.165, 1.54) is 0 Å². The van der Waals surface area contributed by atoms with Crippen LogP contribution in [0.15, 0.2) is 70.1 Å². The van der Waals surface area contributed by atoms with Gasteiger partial charge in [0.1, 0.15) is 17.0 Å². The van der Waals surface area contributed by atoms with Crippen molar-refractivity contribution < 1.29 is 9.21 Å². The number of hydrogen-bond donors (Lipinski definition) is 1. The van der Waals surface area contributed by atoms with E-state index in [1.54, 1.807) is 30.3 Å². The number of amides is 1. The van der Waals surface area contributed by atoms with Gasteiger partial charge >= 0.3 is 0 Å². The molecule has 30 heavy (non-hydrogen) atoms. The molecule has 2 aromatic heterocycles. The highest BCUT2D eigenvalue weighted by Gasteiger charge is 2.14. The molecule has 2 heterocycles. The van der Waals surface area contributed by atoms with Crippen LogP contribution in [-0.2, 0) is 0 Å². The average Bonchev–Trinajstić information content (AvgIpc) is 2.69. The summed E-state index contributed by atoms with van der Waals surface area (Å²) < 4.78 is 6.01. The van der Waals surface area contributed by atoms with E-state index in [0.29, 0.717) is 27.4 Å². The van der Waals surface area contributed by atoms with Crippen LogP contribution in [0.5, 0.6) is 0 Å². The van der Waals surface area contributed by atoms with Gasteiger partial charge in [-0.15, -0.1) is 0 Å². The Morgan fingerprint density at radius 3 is 2.63 bits per heavy atom. The van der Waals surface area contributed by atoms with Crippen LogP contribution in [-0.4, -0.2) is 10.9 Å². The number of aromatic nitrogens is 1. The van der Waals surface area contributed by atoms with Crippen LogP contribution in [0, 0.1) is 20.8 Å². The lowest BCUT2D eigenvalue weighted by Gasteiger charge is -2.08. The smallest absolute Gasteiger partial charge is 0.262 e. The van der Waals surface area contributed by atoms with Crippen molar-refractivity contribution in [1.29, 1.82) is 0 Å². The zero-order chi connectivity index (χ0) is 21.3. The van der Waals surface area contributed by atoms with Crippen molar-refractivity contribution in [2.45, 2.75) is 20.8 Å². The molecule has 0 radical (unpaired) electrons. The van der Waals surface area contributed by atoms with Gasteiger partial charge in [0.2, 0.25) is 5.55 Å². The van der Waals surface area contributed by atoms with E-state index in [4.69, 9.17) is 16.0 Å². The molecule has 5 nitrogen and oxygen atoms in total. The minimum Gasteiger partial charge on any atom is -0.438 e. The summed E-state index contributed by atoms with van der Waals surface area (Å²) in [6, 6.07) is 18.4. The fourth-order valence-electron chi connectivity index (χ4n) is 3.18. The Morgan fingerprint density at radius 2 is 1.87 bits per heavy atom. The van der Waals surface area contributed by atoms with Crippen molar-refractivity contribution in [1.82, 2.24) is 4.98 Å². The largest absolute Gasteiger partial charge is 0.438 e. The SMILES string of the molecule is Cc1ccc(N=c2oc3ccc(Cl)cc3cc2C(=O)Nc2cccc(C)n2)c(C)c1. The number of nitrogens with zero attached hydrogens (tertiary/aromatic N) is 2. The highest BCUT2D eigenvalue weighted by atomic mass is 35.5. The predicted molar refractivity (Wildman–Crippen MR) is 119 cm³/mol. The highest BCUT2D eigenvalue weighted by Crippen LogP contribution is 2.22. The third-order valence-electron chi connectivity index (χ3n) is 4.66. The summed E-state index contributed by atoms with van der Waals surface area (Å²) in [7, 11) is 0. The topological polar surface area (TPSA) is 67.5 Å². The Morgan fingerprint density at radius 1 is 1.03 bits per heavy atom. The van der Waals surface area contributed by atoms with Gasteiger partial charge < -0.3 is 9.73 Å². The van der Waals surface area contributed by atoms with E-state index >= 15 is 0 Å². The molecule has 4 aromatic rings. The van der Waals surface area contributed by atoms with Crippen molar-refractivity contribution in [2.75, 3.05) is 5.32 Å². The Labute approximate surface area is 179 Å². The van der Waals surface area contributed by atoms with Gasteiger partial charge in [0.25, 0.3) is 5.91 Å². The maximum absolute atomic E-state index is 13.1. The van der Waals surface area contributed by atoms with Gasteiger partial charge in [0.05, 0.1) is 5.69 Å². The molecule has 0 saturated heterocycles. The molecule has 0 unspecified atom stereocenters. The number of benzene rings is 2. The van der Waals surface area contributed by atoms with Gasteiger partial charge in [0, 0.05) is 16.1 Å². The molecule has 0 aliphatic carbocycles. The molecule has 0 aliphatic rings. The van der Waals surface area contributed by atoms with Gasteiger partial charge in [-0.2, -0.15) is 0 Å². The van der Waals surface area contributed by atoms with Crippen LogP contribution < -0.4 is 10.9 Å². The third kappa shape index (κ3) is 4.26. The highest BCUT2D eigenvalue weighted by molar-refractivity contribution is 6.31. The lowest BCUT2D eigenvalue weighted by atomic mass is 10.1. The zero-order valence-electron chi connectivity index (χ0n) is 16.9. The van der Waals surface area contributed by atoms with Crippen molar-refractivity contribution in [3.05, 3.63) is 93.6 Å². The number of anilines is 1. The quantitative estimate of drug-likeness (QED) is 0.451. The number of hydrogen-bond acceptors (Lipinski definition) is 4. The van der Waals surface area contributed by atoms with E-state index in [-0.39, 0.29) is 11.5 Å². The van der Waals surface area contributed by atoms with Crippen LogP contribution in [0.4, 0.5) is 11.5 Å². The summed E-state index contributed by atoms with van der Waals surface area (Å²) in [5.41, 5.74) is 4.79. The predicted octanol–water partition coefficient (Wildman–Crippen LogP) is 5.89. The van der Waals surface area contributed by atoms with E-state index in [2.05, 4.69) is 15.3 Å². The minimum atomic E-state index is -0.359. The number of rotatable bonds is 3. The number of carbonyl (C=O) groups is 1. The molecule has 0 aliphatic heterocycles. The Balaban J connectivity index is 1.88. The van der Waals surface area contributed by atoms with Gasteiger partial charge in [0.15, 0.2) is 0 Å². The van der Waals surface area contributed by atoms with Crippen LogP contribution in [0.3, 0.4) is 0 Å². The lowest BCUT2D eigenvalue weighted by molar-refractivity contribution is 0.102. The molecule has 0 saturated carbocycles. The first kappa shape index (κ1) is 19.9. The maximum atomic E-state index is 13.1. The second-order valence-electron chi connectivity index (χ2n) is 7.17. The van der Waals surface area contributed by atoms with E-state index < -0.39 is 0 Å². The van der Waals surface area contributed by atoms with Gasteiger partial charge in [-0.3, -0.25) is 4.79 Å². The summed E-state index contributed by atoms with van der Waals surface area (Å²) >= 11 is 6.13. The Bertz CT molecular complexity index is 1340. The monoisotopic (exact) mass is 417 g/mol. The van der Waals surface area contributed by atoms with Crippen molar-refractivity contribution in [2.24, 2.45) is 4.99 Å². The second-order valence-corrected chi connectivity index (χ2v) is 7.60. The first-order valence-corrected chi connectivity index (χ1v) is 9.87. The fourth-order valence-corrected chi connectivity index (χ4v) is 3.36. The van der Waals surface area contributed by atoms with Gasteiger partial charge in [-0.1, -0.05) is 35.4 Å². The second kappa shape index (κ2) is 8.13. The number of aryl methyl sites for hydroxylation is 3. The number of carbonyl (C=O) groups excluding carboxylic acids is 1. The molecule has 0 spiro atoms. The average molecular weight is 418 g/mol. The van der Waals surface area contributed by atoms with Crippen LogP contribution in [0.2, 0.25) is 5.02 Å². The number of nitrogens with one attached hydrogen (secondary N) is 1. The van der Waals surface area contributed by atoms with E-state index in [0.717, 1.165) is 22.5 Å². The summed E-state index contributed by atoms with van der Waals surface area (Å²) in [4.78, 5) is 22.1. The van der Waals surface area contributed by atoms with Crippen molar-refractivity contribution >= 4 is 40.0 Å². The third-order valence-corrected chi connectivity index (χ3v) is 4.89. The summed E-state index contributed by atoms with van der Waals surface area (Å²) in [5, 5.41) is 4.10. The van der Waals surface area contributed by atoms with Crippen LogP contribution in [0.25, 0.3) is 11.0 Å². The summed E-state index contributed by atoms with van der Waals surface area (Å²) in [6.45, 7) is 5.86. The molecular weight excluding hydrogens is 398 g/mol. The van der Waals surface area contributed by atoms with E-state index in [9.17, 15) is 4.79 Å². The minimum absolute atomic E-state index is 0.224. The number of pyridine rings is 1. The molecule has 4 rings (SSSR count). The van der Waals surface area contributed by atoms with Gasteiger partial charge in [-0.05, 0) is 68.8 Å². The molecule has 150 valence electrons. The van der Waals surface area contributed by atoms with E-state index in [1.807, 2.05) is 51.1 Å². The standard InChI is InChI=1S/C24H20ClN3O2/c1-14-7-9-20(15(2)11-14)27-24-19(13-17-12-18(25)8-10-21(17)30-24)23(29)28-22-6-4-5-16(3)26-22/h4-13H,1-3H3,(H,26,28,29).